The van der Waals surface area contributed by atoms with Gasteiger partial charge in [0.15, 0.2) is 0 Å². The molecule has 21 heavy (non-hydrogen) atoms. The summed E-state index contributed by atoms with van der Waals surface area (Å²) in [5, 5.41) is 0. The Hall–Kier alpha value is -2.10. The van der Waals surface area contributed by atoms with Crippen LogP contribution in [0.1, 0.15) is 43.0 Å². The third-order valence-corrected chi connectivity index (χ3v) is 4.07. The van der Waals surface area contributed by atoms with Crippen molar-refractivity contribution >= 4 is 0 Å². The molecule has 1 N–H and O–H groups in total. The third kappa shape index (κ3) is 2.58. The summed E-state index contributed by atoms with van der Waals surface area (Å²) < 4.78 is 5.83. The highest BCUT2D eigenvalue weighted by Crippen LogP contribution is 2.38. The largest absolute Gasteiger partial charge is 0.490 e. The van der Waals surface area contributed by atoms with Gasteiger partial charge in [0, 0.05) is 17.0 Å². The predicted octanol–water partition coefficient (Wildman–Crippen LogP) is 3.16. The zero-order valence-electron chi connectivity index (χ0n) is 12.1. The normalized spacial score (nSPS) is 17.8. The maximum absolute atomic E-state index is 12.1. The number of hydrogen-bond acceptors (Lipinski definition) is 3. The third-order valence-electron chi connectivity index (χ3n) is 4.07. The molecule has 2 aromatic rings. The fourth-order valence-corrected chi connectivity index (χ4v) is 2.48. The molecular formula is C17H18N2O2. The molecule has 0 spiro atoms. The van der Waals surface area contributed by atoms with Crippen molar-refractivity contribution in [2.24, 2.45) is 0 Å². The second-order valence-electron chi connectivity index (χ2n) is 6.04. The van der Waals surface area contributed by atoms with Crippen LogP contribution in [0.4, 0.5) is 0 Å². The number of H-pyrrole nitrogens is 1. The molecule has 0 bridgehead atoms. The minimum absolute atomic E-state index is 0.0320. The number of rotatable bonds is 4. The number of nitrogens with zero attached hydrogens (tertiary/aromatic N) is 1. The van der Waals surface area contributed by atoms with Crippen molar-refractivity contribution in [2.45, 2.75) is 44.6 Å². The highest BCUT2D eigenvalue weighted by Gasteiger charge is 2.27. The molecule has 0 amide bonds. The molecule has 2 aliphatic rings. The molecule has 108 valence electrons. The van der Waals surface area contributed by atoms with Gasteiger partial charge in [-0.25, -0.2) is 4.98 Å². The van der Waals surface area contributed by atoms with Crippen molar-refractivity contribution in [1.82, 2.24) is 9.97 Å². The van der Waals surface area contributed by atoms with E-state index >= 15 is 0 Å². The number of aromatic amines is 1. The molecule has 4 rings (SSSR count). The van der Waals surface area contributed by atoms with Crippen molar-refractivity contribution in [1.29, 1.82) is 0 Å². The molecule has 4 heteroatoms. The topological polar surface area (TPSA) is 55.0 Å². The van der Waals surface area contributed by atoms with Crippen LogP contribution in [0.3, 0.4) is 0 Å². The fourth-order valence-electron chi connectivity index (χ4n) is 2.48. The van der Waals surface area contributed by atoms with Gasteiger partial charge in [-0.1, -0.05) is 12.1 Å². The minimum atomic E-state index is -0.0320. The van der Waals surface area contributed by atoms with Gasteiger partial charge in [-0.15, -0.1) is 0 Å². The van der Waals surface area contributed by atoms with Crippen molar-refractivity contribution in [2.75, 3.05) is 0 Å². The summed E-state index contributed by atoms with van der Waals surface area (Å²) >= 11 is 0. The first-order chi connectivity index (χ1) is 10.2. The van der Waals surface area contributed by atoms with Gasteiger partial charge in [0.25, 0.3) is 5.56 Å². The maximum atomic E-state index is 12.1. The quantitative estimate of drug-likeness (QED) is 0.937. The van der Waals surface area contributed by atoms with E-state index < -0.39 is 0 Å². The summed E-state index contributed by atoms with van der Waals surface area (Å²) in [6, 6.07) is 7.91. The van der Waals surface area contributed by atoms with Crippen LogP contribution < -0.4 is 10.3 Å². The van der Waals surface area contributed by atoms with E-state index in [0.717, 1.165) is 48.5 Å². The summed E-state index contributed by atoms with van der Waals surface area (Å²) in [7, 11) is 0. The van der Waals surface area contributed by atoms with Crippen LogP contribution in [0.5, 0.6) is 5.75 Å². The zero-order chi connectivity index (χ0) is 14.4. The van der Waals surface area contributed by atoms with Crippen LogP contribution in [0, 0.1) is 6.92 Å². The Labute approximate surface area is 123 Å². The smallest absolute Gasteiger partial charge is 0.254 e. The lowest BCUT2D eigenvalue weighted by atomic mass is 10.1. The Morgan fingerprint density at radius 1 is 1.24 bits per heavy atom. The van der Waals surface area contributed by atoms with Crippen molar-refractivity contribution in [3.05, 3.63) is 46.0 Å². The first-order valence-electron chi connectivity index (χ1n) is 7.58. The molecule has 0 atom stereocenters. The van der Waals surface area contributed by atoms with Crippen molar-refractivity contribution < 1.29 is 4.74 Å². The van der Waals surface area contributed by atoms with Crippen LogP contribution >= 0.6 is 0 Å². The number of hydrogen-bond donors (Lipinski definition) is 1. The number of aromatic nitrogens is 2. The monoisotopic (exact) mass is 282 g/mol. The van der Waals surface area contributed by atoms with Gasteiger partial charge in [0.05, 0.1) is 11.8 Å². The average molecular weight is 282 g/mol. The van der Waals surface area contributed by atoms with Gasteiger partial charge in [-0.05, 0) is 44.7 Å². The predicted molar refractivity (Wildman–Crippen MR) is 80.7 cm³/mol. The standard InChI is InChI=1S/C17H18N2O2/c1-10-15(18-16(11-5-6-11)19-17(10)20)12-3-2-4-14(9-12)21-13-7-8-13/h2-4,9,11,13H,5-8H2,1H3,(H,18,19,20). The van der Waals surface area contributed by atoms with E-state index in [0.29, 0.717) is 17.6 Å². The first kappa shape index (κ1) is 12.6. The molecule has 1 heterocycles. The second kappa shape index (κ2) is 4.72. The van der Waals surface area contributed by atoms with E-state index in [2.05, 4.69) is 4.98 Å². The van der Waals surface area contributed by atoms with Crippen LogP contribution in [-0.2, 0) is 0 Å². The lowest BCUT2D eigenvalue weighted by molar-refractivity contribution is 0.303. The Bertz CT molecular complexity index is 743. The van der Waals surface area contributed by atoms with E-state index in [4.69, 9.17) is 9.72 Å². The molecule has 4 nitrogen and oxygen atoms in total. The highest BCUT2D eigenvalue weighted by molar-refractivity contribution is 5.64. The van der Waals surface area contributed by atoms with Crippen LogP contribution in [0.25, 0.3) is 11.3 Å². The van der Waals surface area contributed by atoms with Crippen molar-refractivity contribution in [3.8, 4) is 17.0 Å². The lowest BCUT2D eigenvalue weighted by Gasteiger charge is -2.09. The molecule has 2 fully saturated rings. The molecule has 0 radical (unpaired) electrons. The Morgan fingerprint density at radius 3 is 2.76 bits per heavy atom. The van der Waals surface area contributed by atoms with E-state index in [-0.39, 0.29) is 5.56 Å². The fraction of sp³-hybridized carbons (Fsp3) is 0.412. The maximum Gasteiger partial charge on any atom is 0.254 e. The van der Waals surface area contributed by atoms with Crippen molar-refractivity contribution in [3.63, 3.8) is 0 Å². The van der Waals surface area contributed by atoms with Crippen LogP contribution in [0.15, 0.2) is 29.1 Å². The van der Waals surface area contributed by atoms with E-state index in [1.54, 1.807) is 0 Å². The summed E-state index contributed by atoms with van der Waals surface area (Å²) in [5.74, 6) is 2.13. The van der Waals surface area contributed by atoms with E-state index in [9.17, 15) is 4.79 Å². The summed E-state index contributed by atoms with van der Waals surface area (Å²) in [5.41, 5.74) is 2.37. The second-order valence-corrected chi connectivity index (χ2v) is 6.04. The minimum Gasteiger partial charge on any atom is -0.490 e. The van der Waals surface area contributed by atoms with E-state index in [1.807, 2.05) is 31.2 Å². The van der Waals surface area contributed by atoms with Gasteiger partial charge in [0.2, 0.25) is 0 Å². The Kier molecular flexibility index (Phi) is 2.84. The molecule has 2 aliphatic carbocycles. The number of benzene rings is 1. The number of nitrogens with one attached hydrogen (secondary N) is 1. The van der Waals surface area contributed by atoms with Gasteiger partial charge in [-0.2, -0.15) is 0 Å². The van der Waals surface area contributed by atoms with Crippen LogP contribution in [-0.4, -0.2) is 16.1 Å². The first-order valence-corrected chi connectivity index (χ1v) is 7.58. The molecule has 1 aromatic heterocycles. The van der Waals surface area contributed by atoms with Gasteiger partial charge in [0.1, 0.15) is 11.6 Å². The molecular weight excluding hydrogens is 264 g/mol. The molecule has 0 aliphatic heterocycles. The summed E-state index contributed by atoms with van der Waals surface area (Å²) in [4.78, 5) is 19.7. The molecule has 2 saturated carbocycles. The summed E-state index contributed by atoms with van der Waals surface area (Å²) in [6.07, 6.45) is 4.89. The summed E-state index contributed by atoms with van der Waals surface area (Å²) in [6.45, 7) is 1.83. The SMILES string of the molecule is Cc1c(-c2cccc(OC3CC3)c2)nc(C2CC2)[nH]c1=O. The van der Waals surface area contributed by atoms with Gasteiger partial charge >= 0.3 is 0 Å². The van der Waals surface area contributed by atoms with Crippen LogP contribution in [0.2, 0.25) is 0 Å². The highest BCUT2D eigenvalue weighted by atomic mass is 16.5. The zero-order valence-corrected chi connectivity index (χ0v) is 12.1. The average Bonchev–Trinajstić information content (AvgIpc) is 3.35. The van der Waals surface area contributed by atoms with E-state index in [1.165, 1.54) is 0 Å². The molecule has 0 saturated heterocycles. The molecule has 0 unspecified atom stereocenters. The number of ether oxygens (including phenoxy) is 1. The lowest BCUT2D eigenvalue weighted by Crippen LogP contribution is -2.15. The molecule has 1 aromatic carbocycles. The van der Waals surface area contributed by atoms with Gasteiger partial charge in [-0.3, -0.25) is 4.79 Å². The Morgan fingerprint density at radius 2 is 2.05 bits per heavy atom. The van der Waals surface area contributed by atoms with Gasteiger partial charge < -0.3 is 9.72 Å². The Balaban J connectivity index is 1.75.